The first-order chi connectivity index (χ1) is 17.2. The van der Waals surface area contributed by atoms with Gasteiger partial charge in [-0.3, -0.25) is 4.79 Å². The first kappa shape index (κ1) is 23.8. The van der Waals surface area contributed by atoms with Crippen molar-refractivity contribution in [2.75, 3.05) is 11.9 Å². The van der Waals surface area contributed by atoms with E-state index in [0.29, 0.717) is 17.6 Å². The Labute approximate surface area is 208 Å². The first-order valence-corrected chi connectivity index (χ1v) is 13.4. The number of nitrogens with zero attached hydrogens (tertiary/aromatic N) is 3. The van der Waals surface area contributed by atoms with Crippen LogP contribution in [0.25, 0.3) is 11.0 Å². The van der Waals surface area contributed by atoms with Gasteiger partial charge in [-0.05, 0) is 69.5 Å². The predicted molar refractivity (Wildman–Crippen MR) is 141 cm³/mol. The minimum Gasteiger partial charge on any atom is -0.381 e. The smallest absolute Gasteiger partial charge is 0.255 e. The minimum atomic E-state index is -0.0566. The Hall–Kier alpha value is -2.93. The zero-order chi connectivity index (χ0) is 24.2. The maximum atomic E-state index is 13.5. The van der Waals surface area contributed by atoms with E-state index in [1.165, 1.54) is 24.0 Å². The molecule has 7 heteroatoms. The van der Waals surface area contributed by atoms with Gasteiger partial charge in [0.15, 0.2) is 5.65 Å². The standard InChI is InChI=1S/C28H38N6O/c1-3-5-14-29-21-10-12-22(13-11-21)32-26-24-18-31-34(4-2)27(24)30-17-25(26)28(35)33-23-15-19-8-6-7-9-20(19)16-23/h6-9,17-18,21-23,29H,3-5,10-16H2,1-2H3,(H,30,32)(H,33,35)/t21-,22+. The van der Waals surface area contributed by atoms with Gasteiger partial charge < -0.3 is 16.0 Å². The van der Waals surface area contributed by atoms with Crippen LogP contribution >= 0.6 is 0 Å². The molecule has 2 aliphatic rings. The predicted octanol–water partition coefficient (Wildman–Crippen LogP) is 4.46. The lowest BCUT2D eigenvalue weighted by molar-refractivity contribution is 0.0939. The third-order valence-electron chi connectivity index (χ3n) is 7.64. The molecular formula is C28H38N6O. The molecule has 2 heterocycles. The van der Waals surface area contributed by atoms with Crippen LogP contribution in [0.5, 0.6) is 0 Å². The number of hydrogen-bond donors (Lipinski definition) is 3. The second-order valence-electron chi connectivity index (χ2n) is 10.1. The van der Waals surface area contributed by atoms with Gasteiger partial charge in [0, 0.05) is 30.9 Å². The minimum absolute atomic E-state index is 0.0566. The normalized spacial score (nSPS) is 20.2. The lowest BCUT2D eigenvalue weighted by Crippen LogP contribution is -2.38. The third kappa shape index (κ3) is 5.20. The number of amides is 1. The summed E-state index contributed by atoms with van der Waals surface area (Å²) in [5, 5.41) is 16.2. The van der Waals surface area contributed by atoms with Gasteiger partial charge in [0.2, 0.25) is 0 Å². The maximum absolute atomic E-state index is 13.5. The van der Waals surface area contributed by atoms with Gasteiger partial charge in [0.05, 0.1) is 22.8 Å². The van der Waals surface area contributed by atoms with Crippen LogP contribution in [-0.4, -0.2) is 45.3 Å². The number of unbranched alkanes of at least 4 members (excludes halogenated alkanes) is 1. The number of rotatable bonds is 9. The fourth-order valence-corrected chi connectivity index (χ4v) is 5.64. The highest BCUT2D eigenvalue weighted by molar-refractivity contribution is 6.06. The molecule has 0 unspecified atom stereocenters. The van der Waals surface area contributed by atoms with Crippen LogP contribution in [0, 0.1) is 0 Å². The Balaban J connectivity index is 1.32. The van der Waals surface area contributed by atoms with E-state index in [0.717, 1.165) is 68.3 Å². The van der Waals surface area contributed by atoms with Crippen LogP contribution in [0.4, 0.5) is 5.69 Å². The SMILES string of the molecule is CCCCN[C@H]1CC[C@@H](Nc2c(C(=O)NC3Cc4ccccc4C3)cnc3c2cnn3CC)CC1. The largest absolute Gasteiger partial charge is 0.381 e. The van der Waals surface area contributed by atoms with E-state index in [2.05, 4.69) is 64.1 Å². The summed E-state index contributed by atoms with van der Waals surface area (Å²) in [7, 11) is 0. The van der Waals surface area contributed by atoms with Crippen molar-refractivity contribution in [3.05, 3.63) is 53.3 Å². The van der Waals surface area contributed by atoms with Crippen LogP contribution in [0.3, 0.4) is 0 Å². The van der Waals surface area contributed by atoms with Crippen molar-refractivity contribution in [1.29, 1.82) is 0 Å². The average molecular weight is 475 g/mol. The highest BCUT2D eigenvalue weighted by Crippen LogP contribution is 2.31. The van der Waals surface area contributed by atoms with Gasteiger partial charge in [0.25, 0.3) is 5.91 Å². The number of hydrogen-bond acceptors (Lipinski definition) is 5. The summed E-state index contributed by atoms with van der Waals surface area (Å²) in [6, 6.07) is 9.53. The lowest BCUT2D eigenvalue weighted by Gasteiger charge is -2.31. The van der Waals surface area contributed by atoms with E-state index < -0.39 is 0 Å². The quantitative estimate of drug-likeness (QED) is 0.399. The monoisotopic (exact) mass is 474 g/mol. The fraction of sp³-hybridized carbons (Fsp3) is 0.536. The molecule has 186 valence electrons. The average Bonchev–Trinajstić information content (AvgIpc) is 3.48. The zero-order valence-electron chi connectivity index (χ0n) is 21.0. The van der Waals surface area contributed by atoms with Gasteiger partial charge in [-0.2, -0.15) is 5.10 Å². The van der Waals surface area contributed by atoms with Crippen molar-refractivity contribution in [1.82, 2.24) is 25.4 Å². The van der Waals surface area contributed by atoms with Gasteiger partial charge in [-0.1, -0.05) is 37.6 Å². The van der Waals surface area contributed by atoms with Gasteiger partial charge in [0.1, 0.15) is 0 Å². The Kier molecular flexibility index (Phi) is 7.32. The fourth-order valence-electron chi connectivity index (χ4n) is 5.64. The molecule has 1 saturated carbocycles. The molecule has 1 aromatic carbocycles. The summed E-state index contributed by atoms with van der Waals surface area (Å²) < 4.78 is 1.89. The number of carbonyl (C=O) groups is 1. The number of carbonyl (C=O) groups excluding carboxylic acids is 1. The summed E-state index contributed by atoms with van der Waals surface area (Å²) >= 11 is 0. The molecule has 0 aliphatic heterocycles. The molecule has 3 aromatic rings. The van der Waals surface area contributed by atoms with Gasteiger partial charge >= 0.3 is 0 Å². The summed E-state index contributed by atoms with van der Waals surface area (Å²) in [5.74, 6) is -0.0566. The van der Waals surface area contributed by atoms with Crippen LogP contribution in [-0.2, 0) is 19.4 Å². The molecule has 7 nitrogen and oxygen atoms in total. The van der Waals surface area contributed by atoms with Crippen molar-refractivity contribution >= 4 is 22.6 Å². The summed E-state index contributed by atoms with van der Waals surface area (Å²) in [6.07, 6.45) is 12.3. The molecule has 3 N–H and O–H groups in total. The Morgan fingerprint density at radius 3 is 2.40 bits per heavy atom. The maximum Gasteiger partial charge on any atom is 0.255 e. The van der Waals surface area contributed by atoms with Crippen LogP contribution in [0.2, 0.25) is 0 Å². The summed E-state index contributed by atoms with van der Waals surface area (Å²) in [6.45, 7) is 6.15. The third-order valence-corrected chi connectivity index (χ3v) is 7.64. The van der Waals surface area contributed by atoms with Crippen molar-refractivity contribution in [2.24, 2.45) is 0 Å². The molecule has 0 radical (unpaired) electrons. The molecule has 0 saturated heterocycles. The van der Waals surface area contributed by atoms with Gasteiger partial charge in [-0.25, -0.2) is 9.67 Å². The zero-order valence-corrected chi connectivity index (χ0v) is 21.0. The topological polar surface area (TPSA) is 83.9 Å². The Bertz CT molecular complexity index is 1140. The van der Waals surface area contributed by atoms with E-state index >= 15 is 0 Å². The lowest BCUT2D eigenvalue weighted by atomic mass is 9.90. The highest BCUT2D eigenvalue weighted by Gasteiger charge is 2.27. The number of fused-ring (bicyclic) bond motifs is 2. The van der Waals surface area contributed by atoms with Gasteiger partial charge in [-0.15, -0.1) is 0 Å². The van der Waals surface area contributed by atoms with Crippen LogP contribution < -0.4 is 16.0 Å². The molecule has 2 aromatic heterocycles. The number of pyridine rings is 1. The molecule has 0 bridgehead atoms. The van der Waals surface area contributed by atoms with E-state index in [1.54, 1.807) is 6.20 Å². The summed E-state index contributed by atoms with van der Waals surface area (Å²) in [5.41, 5.74) is 4.99. The molecule has 1 fully saturated rings. The number of nitrogens with one attached hydrogen (secondary N) is 3. The highest BCUT2D eigenvalue weighted by atomic mass is 16.1. The molecule has 2 aliphatic carbocycles. The first-order valence-electron chi connectivity index (χ1n) is 13.4. The van der Waals surface area contributed by atoms with Crippen molar-refractivity contribution in [2.45, 2.75) is 89.9 Å². The molecule has 0 atom stereocenters. The number of aryl methyl sites for hydroxylation is 1. The Morgan fingerprint density at radius 1 is 1.00 bits per heavy atom. The molecular weight excluding hydrogens is 436 g/mol. The van der Waals surface area contributed by atoms with Crippen LogP contribution in [0.15, 0.2) is 36.7 Å². The molecule has 1 amide bonds. The van der Waals surface area contributed by atoms with E-state index in [4.69, 9.17) is 0 Å². The van der Waals surface area contributed by atoms with Crippen molar-refractivity contribution in [3.63, 3.8) is 0 Å². The van der Waals surface area contributed by atoms with Crippen molar-refractivity contribution < 1.29 is 4.79 Å². The van der Waals surface area contributed by atoms with E-state index in [-0.39, 0.29) is 11.9 Å². The number of aromatic nitrogens is 3. The molecule has 35 heavy (non-hydrogen) atoms. The number of benzene rings is 1. The summed E-state index contributed by atoms with van der Waals surface area (Å²) in [4.78, 5) is 18.1. The molecule has 5 rings (SSSR count). The second-order valence-corrected chi connectivity index (χ2v) is 10.1. The molecule has 0 spiro atoms. The van der Waals surface area contributed by atoms with E-state index in [1.807, 2.05) is 10.9 Å². The van der Waals surface area contributed by atoms with Crippen molar-refractivity contribution in [3.8, 4) is 0 Å². The second kappa shape index (κ2) is 10.8. The van der Waals surface area contributed by atoms with Crippen LogP contribution in [0.1, 0.15) is 73.9 Å². The Morgan fingerprint density at radius 2 is 1.71 bits per heavy atom. The number of anilines is 1. The van der Waals surface area contributed by atoms with E-state index in [9.17, 15) is 4.79 Å².